The number of aliphatic hydroxyl groups is 1. The standard InChI is InChI=1S/C29H29ClFN5O.C2H4O/c1-18(16-27(32)33)34-13-15-37-23-9-2-19(3-10-23)29-28-24(25-17-20(30)4-11-26(25)35-28)12-14-36(29)22-7-5-21(31)6-8-22;1-2-3/h2-11,16-17,29,34-35H,12-15H2,1H3,(H3,32,33);2-3H,1H2/b18-16-;. The second kappa shape index (κ2) is 13.1. The number of nitrogens with two attached hydrogens (primary N) is 1. The van der Waals surface area contributed by atoms with Crippen molar-refractivity contribution in [1.29, 1.82) is 5.41 Å². The molecular weight excluding hydrogens is 529 g/mol. The molecule has 2 heterocycles. The third-order valence-corrected chi connectivity index (χ3v) is 6.82. The van der Waals surface area contributed by atoms with E-state index in [1.54, 1.807) is 6.08 Å². The van der Waals surface area contributed by atoms with Gasteiger partial charge in [0.15, 0.2) is 0 Å². The van der Waals surface area contributed by atoms with Crippen LogP contribution in [0.25, 0.3) is 10.9 Å². The van der Waals surface area contributed by atoms with E-state index in [9.17, 15) is 4.39 Å². The molecule has 6 N–H and O–H groups in total. The quantitative estimate of drug-likeness (QED) is 0.0719. The zero-order valence-corrected chi connectivity index (χ0v) is 23.0. The molecule has 0 bridgehead atoms. The van der Waals surface area contributed by atoms with E-state index in [1.807, 2.05) is 49.4 Å². The van der Waals surface area contributed by atoms with Crippen LogP contribution in [0, 0.1) is 11.2 Å². The van der Waals surface area contributed by atoms with Crippen LogP contribution in [0.3, 0.4) is 0 Å². The van der Waals surface area contributed by atoms with Gasteiger partial charge in [0.1, 0.15) is 24.0 Å². The molecule has 9 heteroatoms. The summed E-state index contributed by atoms with van der Waals surface area (Å²) in [7, 11) is 0. The monoisotopic (exact) mass is 561 g/mol. The molecule has 1 aliphatic heterocycles. The first-order valence-electron chi connectivity index (χ1n) is 12.9. The van der Waals surface area contributed by atoms with Crippen LogP contribution in [0.15, 0.2) is 91.3 Å². The highest BCUT2D eigenvalue weighted by atomic mass is 35.5. The normalized spacial score (nSPS) is 14.6. The first-order chi connectivity index (χ1) is 19.3. The van der Waals surface area contributed by atoms with E-state index < -0.39 is 0 Å². The van der Waals surface area contributed by atoms with E-state index in [4.69, 9.17) is 32.6 Å². The third kappa shape index (κ3) is 6.76. The second-order valence-corrected chi connectivity index (χ2v) is 9.78. The van der Waals surface area contributed by atoms with Crippen LogP contribution < -0.4 is 20.7 Å². The Morgan fingerprint density at radius 1 is 1.23 bits per heavy atom. The van der Waals surface area contributed by atoms with Gasteiger partial charge in [0.2, 0.25) is 0 Å². The van der Waals surface area contributed by atoms with Gasteiger partial charge in [-0.2, -0.15) is 0 Å². The Morgan fingerprint density at radius 3 is 2.60 bits per heavy atom. The lowest BCUT2D eigenvalue weighted by Gasteiger charge is -2.38. The van der Waals surface area contributed by atoms with Crippen molar-refractivity contribution >= 4 is 34.0 Å². The van der Waals surface area contributed by atoms with Gasteiger partial charge in [-0.25, -0.2) is 4.39 Å². The first-order valence-corrected chi connectivity index (χ1v) is 13.2. The lowest BCUT2D eigenvalue weighted by Crippen LogP contribution is -2.36. The summed E-state index contributed by atoms with van der Waals surface area (Å²) in [6, 6.07) is 20.7. The summed E-state index contributed by atoms with van der Waals surface area (Å²) < 4.78 is 19.6. The van der Waals surface area contributed by atoms with E-state index in [0.29, 0.717) is 13.2 Å². The van der Waals surface area contributed by atoms with Crippen molar-refractivity contribution in [2.24, 2.45) is 5.73 Å². The van der Waals surface area contributed by atoms with Crippen LogP contribution in [0.4, 0.5) is 10.1 Å². The van der Waals surface area contributed by atoms with Gasteiger partial charge in [-0.1, -0.05) is 30.3 Å². The van der Waals surface area contributed by atoms with Gasteiger partial charge in [0.25, 0.3) is 0 Å². The molecule has 208 valence electrons. The zero-order valence-electron chi connectivity index (χ0n) is 22.3. The molecule has 1 atom stereocenters. The maximum atomic E-state index is 13.7. The number of fused-ring (bicyclic) bond motifs is 3. The molecule has 40 heavy (non-hydrogen) atoms. The van der Waals surface area contributed by atoms with Gasteiger partial charge in [-0.3, -0.25) is 5.41 Å². The number of nitrogens with zero attached hydrogens (tertiary/aromatic N) is 1. The summed E-state index contributed by atoms with van der Waals surface area (Å²) >= 11 is 6.32. The van der Waals surface area contributed by atoms with E-state index in [1.165, 1.54) is 17.7 Å². The van der Waals surface area contributed by atoms with Crippen LogP contribution in [0.5, 0.6) is 5.75 Å². The Labute approximate surface area is 238 Å². The average molecular weight is 562 g/mol. The first kappa shape index (κ1) is 28.6. The molecule has 5 rings (SSSR count). The molecule has 1 aromatic heterocycles. The maximum Gasteiger partial charge on any atom is 0.123 e. The van der Waals surface area contributed by atoms with E-state index in [2.05, 4.69) is 33.9 Å². The van der Waals surface area contributed by atoms with Gasteiger partial charge in [0, 0.05) is 46.1 Å². The third-order valence-electron chi connectivity index (χ3n) is 6.59. The number of rotatable bonds is 8. The highest BCUT2D eigenvalue weighted by molar-refractivity contribution is 6.31. The summed E-state index contributed by atoms with van der Waals surface area (Å²) in [5.41, 5.74) is 11.7. The molecule has 3 aromatic carbocycles. The topological polar surface area (TPSA) is 110 Å². The highest BCUT2D eigenvalue weighted by Crippen LogP contribution is 2.41. The van der Waals surface area contributed by atoms with Crippen molar-refractivity contribution < 1.29 is 14.2 Å². The fraction of sp³-hybridized carbons (Fsp3) is 0.194. The second-order valence-electron chi connectivity index (χ2n) is 9.34. The number of H-pyrrole nitrogens is 1. The Balaban J connectivity index is 0.00000118. The number of aromatic amines is 1. The van der Waals surface area contributed by atoms with E-state index >= 15 is 0 Å². The molecule has 0 aliphatic carbocycles. The minimum atomic E-state index is -0.249. The van der Waals surface area contributed by atoms with Gasteiger partial charge in [0.05, 0.1) is 12.3 Å². The molecule has 0 radical (unpaired) electrons. The minimum Gasteiger partial charge on any atom is -0.516 e. The Bertz CT molecular complexity index is 1500. The lowest BCUT2D eigenvalue weighted by atomic mass is 9.91. The molecule has 1 unspecified atom stereocenters. The maximum absolute atomic E-state index is 13.7. The number of aromatic nitrogens is 1. The number of ether oxygens (including phenoxy) is 1. The minimum absolute atomic E-state index is 0.0140. The number of halogens is 2. The zero-order chi connectivity index (χ0) is 28.6. The molecule has 1 aliphatic rings. The fourth-order valence-electron chi connectivity index (χ4n) is 4.97. The number of hydrogen-bond acceptors (Lipinski definition) is 5. The number of nitrogens with one attached hydrogen (secondary N) is 3. The molecule has 0 fully saturated rings. The molecular formula is C31H33ClFN5O2. The summed E-state index contributed by atoms with van der Waals surface area (Å²) in [5, 5.41) is 19.7. The fourth-order valence-corrected chi connectivity index (χ4v) is 5.14. The largest absolute Gasteiger partial charge is 0.516 e. The molecule has 0 saturated heterocycles. The SMILES string of the molecule is C/C(=C/C(=N)N)NCCOc1ccc(C2c3[nH]c4ccc(Cl)cc4c3CCN2c2ccc(F)cc2)cc1.C=CO. The van der Waals surface area contributed by atoms with E-state index in [0.717, 1.165) is 63.5 Å². The number of aliphatic hydroxyl groups excluding tert-OH is 1. The van der Waals surface area contributed by atoms with Gasteiger partial charge in [-0.05, 0) is 85.1 Å². The number of anilines is 1. The molecule has 0 spiro atoms. The number of benzene rings is 3. The lowest BCUT2D eigenvalue weighted by molar-refractivity contribution is 0.319. The predicted octanol–water partition coefficient (Wildman–Crippen LogP) is 6.61. The Kier molecular flexibility index (Phi) is 9.35. The smallest absolute Gasteiger partial charge is 0.123 e. The van der Waals surface area contributed by atoms with Crippen molar-refractivity contribution in [2.45, 2.75) is 19.4 Å². The highest BCUT2D eigenvalue weighted by Gasteiger charge is 2.32. The van der Waals surface area contributed by atoms with Gasteiger partial charge in [-0.15, -0.1) is 0 Å². The number of amidine groups is 1. The average Bonchev–Trinajstić information content (AvgIpc) is 3.29. The van der Waals surface area contributed by atoms with Crippen LogP contribution in [-0.2, 0) is 6.42 Å². The predicted molar refractivity (Wildman–Crippen MR) is 161 cm³/mol. The van der Waals surface area contributed by atoms with Gasteiger partial charge < -0.3 is 30.8 Å². The molecule has 7 nitrogen and oxygen atoms in total. The van der Waals surface area contributed by atoms with Crippen molar-refractivity contribution in [3.63, 3.8) is 0 Å². The van der Waals surface area contributed by atoms with Crippen molar-refractivity contribution in [3.05, 3.63) is 119 Å². The number of hydrogen-bond donors (Lipinski definition) is 5. The Morgan fingerprint density at radius 2 is 1.93 bits per heavy atom. The van der Waals surface area contributed by atoms with Crippen molar-refractivity contribution in [2.75, 3.05) is 24.6 Å². The summed E-state index contributed by atoms with van der Waals surface area (Å²) in [5.74, 6) is 0.535. The van der Waals surface area contributed by atoms with Crippen molar-refractivity contribution in [1.82, 2.24) is 10.3 Å². The summed E-state index contributed by atoms with van der Waals surface area (Å²) in [6.07, 6.45) is 3.17. The van der Waals surface area contributed by atoms with E-state index in [-0.39, 0.29) is 17.7 Å². The van der Waals surface area contributed by atoms with Gasteiger partial charge >= 0.3 is 0 Å². The number of allylic oxidation sites excluding steroid dienone is 1. The van der Waals surface area contributed by atoms with Crippen LogP contribution in [0.2, 0.25) is 5.02 Å². The van der Waals surface area contributed by atoms with Crippen molar-refractivity contribution in [3.8, 4) is 5.75 Å². The van der Waals surface area contributed by atoms with Crippen LogP contribution in [0.1, 0.15) is 29.8 Å². The van der Waals surface area contributed by atoms with Crippen LogP contribution in [-0.4, -0.2) is 35.6 Å². The Hall–Kier alpha value is -4.43. The molecule has 4 aromatic rings. The molecule has 0 amide bonds. The summed E-state index contributed by atoms with van der Waals surface area (Å²) in [4.78, 5) is 5.95. The van der Waals surface area contributed by atoms with Crippen LogP contribution >= 0.6 is 11.6 Å². The molecule has 0 saturated carbocycles. The summed E-state index contributed by atoms with van der Waals surface area (Å²) in [6.45, 7) is 6.64.